The van der Waals surface area contributed by atoms with E-state index in [0.29, 0.717) is 34.7 Å². The molecule has 0 atom stereocenters. The average molecular weight is 449 g/mol. The summed E-state index contributed by atoms with van der Waals surface area (Å²) < 4.78 is 9.56. The first-order chi connectivity index (χ1) is 15.6. The maximum atomic E-state index is 13.1. The van der Waals surface area contributed by atoms with Crippen molar-refractivity contribution in [3.8, 4) is 22.7 Å². The molecule has 2 aromatic heterocycles. The van der Waals surface area contributed by atoms with E-state index in [1.54, 1.807) is 18.0 Å². The van der Waals surface area contributed by atoms with E-state index in [4.69, 9.17) is 22.1 Å². The van der Waals surface area contributed by atoms with Crippen LogP contribution < -0.4 is 10.1 Å². The maximum absolute atomic E-state index is 13.1. The number of H-pyrrole nitrogens is 1. The third-order valence-corrected chi connectivity index (χ3v) is 5.42. The smallest absolute Gasteiger partial charge is 0.255 e. The molecule has 2 N–H and O–H groups in total. The second-order valence-electron chi connectivity index (χ2n) is 7.10. The Morgan fingerprint density at radius 1 is 1.19 bits per heavy atom. The Hall–Kier alpha value is -3.72. The van der Waals surface area contributed by atoms with E-state index in [1.165, 1.54) is 0 Å². The van der Waals surface area contributed by atoms with Crippen LogP contribution in [0.4, 0.5) is 0 Å². The van der Waals surface area contributed by atoms with E-state index in [1.807, 2.05) is 66.1 Å². The van der Waals surface area contributed by atoms with Gasteiger partial charge in [0.2, 0.25) is 0 Å². The van der Waals surface area contributed by atoms with Crippen LogP contribution >= 0.6 is 12.2 Å². The van der Waals surface area contributed by atoms with Crippen molar-refractivity contribution in [2.24, 2.45) is 0 Å². The topological polar surface area (TPSA) is 89.8 Å². The first-order valence-corrected chi connectivity index (χ1v) is 10.7. The van der Waals surface area contributed by atoms with Crippen LogP contribution in [0, 0.1) is 4.77 Å². The molecule has 0 saturated carbocycles. The van der Waals surface area contributed by atoms with Crippen LogP contribution in [0.1, 0.15) is 23.1 Å². The van der Waals surface area contributed by atoms with Gasteiger partial charge in [0.15, 0.2) is 4.77 Å². The van der Waals surface area contributed by atoms with Crippen LogP contribution in [0.5, 0.6) is 5.75 Å². The Morgan fingerprint density at radius 2 is 2.00 bits per heavy atom. The number of aromatic nitrogens is 5. The Balaban J connectivity index is 1.61. The zero-order valence-corrected chi connectivity index (χ0v) is 18.7. The Labute approximate surface area is 190 Å². The molecule has 4 aromatic rings. The van der Waals surface area contributed by atoms with Gasteiger partial charge < -0.3 is 14.6 Å². The molecule has 0 fully saturated rings. The average Bonchev–Trinajstić information content (AvgIpc) is 3.43. The van der Waals surface area contributed by atoms with Gasteiger partial charge in [0.05, 0.1) is 18.4 Å². The van der Waals surface area contributed by atoms with Gasteiger partial charge >= 0.3 is 0 Å². The summed E-state index contributed by atoms with van der Waals surface area (Å²) in [5.74, 6) is 1.30. The maximum Gasteiger partial charge on any atom is 0.255 e. The normalized spacial score (nSPS) is 10.8. The van der Waals surface area contributed by atoms with E-state index in [2.05, 4.69) is 15.5 Å². The monoisotopic (exact) mass is 448 g/mol. The highest BCUT2D eigenvalue weighted by atomic mass is 32.1. The van der Waals surface area contributed by atoms with Crippen LogP contribution in [0.25, 0.3) is 16.9 Å². The lowest BCUT2D eigenvalue weighted by Gasteiger charge is -2.07. The highest BCUT2D eigenvalue weighted by Crippen LogP contribution is 2.27. The van der Waals surface area contributed by atoms with E-state index in [9.17, 15) is 4.79 Å². The fourth-order valence-corrected chi connectivity index (χ4v) is 3.77. The number of aromatic amines is 1. The van der Waals surface area contributed by atoms with E-state index < -0.39 is 0 Å². The van der Waals surface area contributed by atoms with Crippen molar-refractivity contribution >= 4 is 18.1 Å². The number of hydrogen-bond donors (Lipinski definition) is 2. The van der Waals surface area contributed by atoms with Gasteiger partial charge in [-0.05, 0) is 43.4 Å². The largest absolute Gasteiger partial charge is 0.497 e. The van der Waals surface area contributed by atoms with Crippen molar-refractivity contribution in [2.75, 3.05) is 13.7 Å². The van der Waals surface area contributed by atoms with Gasteiger partial charge in [-0.1, -0.05) is 30.3 Å². The lowest BCUT2D eigenvalue weighted by atomic mass is 10.1. The van der Waals surface area contributed by atoms with Gasteiger partial charge in [-0.25, -0.2) is 4.68 Å². The number of benzene rings is 2. The van der Waals surface area contributed by atoms with Gasteiger partial charge in [0, 0.05) is 31.3 Å². The van der Waals surface area contributed by atoms with Gasteiger partial charge in [-0.2, -0.15) is 10.2 Å². The van der Waals surface area contributed by atoms with Crippen molar-refractivity contribution < 1.29 is 9.53 Å². The molecular weight excluding hydrogens is 424 g/mol. The third kappa shape index (κ3) is 4.47. The molecule has 32 heavy (non-hydrogen) atoms. The highest BCUT2D eigenvalue weighted by Gasteiger charge is 2.19. The molecule has 0 bridgehead atoms. The number of amides is 1. The molecule has 0 unspecified atom stereocenters. The van der Waals surface area contributed by atoms with Crippen molar-refractivity contribution in [3.63, 3.8) is 0 Å². The first kappa shape index (κ1) is 21.5. The van der Waals surface area contributed by atoms with E-state index in [-0.39, 0.29) is 5.91 Å². The molecule has 0 aliphatic rings. The minimum Gasteiger partial charge on any atom is -0.497 e. The van der Waals surface area contributed by atoms with E-state index in [0.717, 1.165) is 23.6 Å². The molecular formula is C23H24N6O2S. The molecule has 2 heterocycles. The van der Waals surface area contributed by atoms with Crippen molar-refractivity contribution in [1.82, 2.24) is 29.9 Å². The fourth-order valence-electron chi connectivity index (χ4n) is 3.49. The predicted octanol–water partition coefficient (Wildman–Crippen LogP) is 3.79. The number of hydrogen-bond acceptors (Lipinski definition) is 5. The predicted molar refractivity (Wildman–Crippen MR) is 125 cm³/mol. The quantitative estimate of drug-likeness (QED) is 0.400. The summed E-state index contributed by atoms with van der Waals surface area (Å²) in [6.45, 7) is 3.15. The minimum atomic E-state index is -0.206. The summed E-state index contributed by atoms with van der Waals surface area (Å²) in [6.07, 6.45) is 2.32. The Morgan fingerprint density at radius 3 is 2.75 bits per heavy atom. The van der Waals surface area contributed by atoms with Crippen LogP contribution in [0.15, 0.2) is 60.8 Å². The van der Waals surface area contributed by atoms with Gasteiger partial charge in [0.1, 0.15) is 17.3 Å². The van der Waals surface area contributed by atoms with Crippen LogP contribution in [0.2, 0.25) is 0 Å². The lowest BCUT2D eigenvalue weighted by Crippen LogP contribution is -2.26. The zero-order chi connectivity index (χ0) is 22.5. The summed E-state index contributed by atoms with van der Waals surface area (Å²) in [5.41, 5.74) is 2.74. The molecule has 164 valence electrons. The van der Waals surface area contributed by atoms with Crippen LogP contribution in [-0.4, -0.2) is 44.1 Å². The molecule has 4 rings (SSSR count). The SMILES string of the molecule is CCn1c(CCNC(=O)c2cn(-c3ccccc3)nc2-c2cccc(OC)c2)n[nH]c1=S. The summed E-state index contributed by atoms with van der Waals surface area (Å²) in [7, 11) is 1.61. The lowest BCUT2D eigenvalue weighted by molar-refractivity contribution is 0.0954. The summed E-state index contributed by atoms with van der Waals surface area (Å²) in [4.78, 5) is 13.1. The molecule has 9 heteroatoms. The number of carbonyl (C=O) groups excluding carboxylic acids is 1. The Kier molecular flexibility index (Phi) is 6.46. The van der Waals surface area contributed by atoms with Crippen LogP contribution in [-0.2, 0) is 13.0 Å². The van der Waals surface area contributed by atoms with E-state index >= 15 is 0 Å². The molecule has 2 aromatic carbocycles. The minimum absolute atomic E-state index is 0.206. The van der Waals surface area contributed by atoms with Crippen molar-refractivity contribution in [3.05, 3.63) is 77.0 Å². The summed E-state index contributed by atoms with van der Waals surface area (Å²) in [6, 6.07) is 17.2. The molecule has 0 saturated heterocycles. The highest BCUT2D eigenvalue weighted by molar-refractivity contribution is 7.71. The number of nitrogens with zero attached hydrogens (tertiary/aromatic N) is 4. The fraction of sp³-hybridized carbons (Fsp3) is 0.217. The number of nitrogens with one attached hydrogen (secondary N) is 2. The Bertz CT molecular complexity index is 1280. The zero-order valence-electron chi connectivity index (χ0n) is 17.9. The molecule has 0 aliphatic heterocycles. The van der Waals surface area contributed by atoms with Gasteiger partial charge in [-0.15, -0.1) is 0 Å². The molecule has 0 aliphatic carbocycles. The van der Waals surface area contributed by atoms with Crippen LogP contribution in [0.3, 0.4) is 0 Å². The number of methoxy groups -OCH3 is 1. The molecule has 8 nitrogen and oxygen atoms in total. The van der Waals surface area contributed by atoms with Gasteiger partial charge in [0.25, 0.3) is 5.91 Å². The molecule has 1 amide bonds. The summed E-state index contributed by atoms with van der Waals surface area (Å²) in [5, 5.41) is 14.7. The standard InChI is InChI=1S/C23H24N6O2S/c1-3-28-20(25-26-23(28)32)12-13-24-22(30)19-15-29(17-9-5-4-6-10-17)27-21(19)16-8-7-11-18(14-16)31-2/h4-11,14-15H,3,12-13H2,1-2H3,(H,24,30)(H,26,32). The van der Waals surface area contributed by atoms with Gasteiger partial charge in [-0.3, -0.25) is 9.89 Å². The molecule has 0 spiro atoms. The van der Waals surface area contributed by atoms with Crippen molar-refractivity contribution in [2.45, 2.75) is 19.9 Å². The number of para-hydroxylation sites is 1. The second-order valence-corrected chi connectivity index (χ2v) is 7.49. The summed E-state index contributed by atoms with van der Waals surface area (Å²) >= 11 is 5.23. The second kappa shape index (κ2) is 9.61. The third-order valence-electron chi connectivity index (χ3n) is 5.11. The number of rotatable bonds is 8. The van der Waals surface area contributed by atoms with Crippen molar-refractivity contribution in [1.29, 1.82) is 0 Å². The number of carbonyl (C=O) groups is 1. The number of ether oxygens (including phenoxy) is 1. The first-order valence-electron chi connectivity index (χ1n) is 10.3. The molecule has 0 radical (unpaired) electrons.